The van der Waals surface area contributed by atoms with Gasteiger partial charge in [-0.1, -0.05) is 23.2 Å². The molecule has 2 aliphatic heterocycles. The first-order valence-electron chi connectivity index (χ1n) is 8.91. The lowest BCUT2D eigenvalue weighted by molar-refractivity contribution is 0.178. The number of hydrogen-bond acceptors (Lipinski definition) is 3. The molecule has 2 aliphatic rings. The average Bonchev–Trinajstić information content (AvgIpc) is 3.02. The molecular weight excluding hydrogens is 369 g/mol. The van der Waals surface area contributed by atoms with Crippen molar-refractivity contribution in [1.82, 2.24) is 14.5 Å². The number of amidine groups is 1. The van der Waals surface area contributed by atoms with E-state index in [4.69, 9.17) is 28.2 Å². The molecular formula is C19H23Cl2N5. The lowest BCUT2D eigenvalue weighted by atomic mass is 9.70. The highest BCUT2D eigenvalue weighted by Crippen LogP contribution is 2.44. The van der Waals surface area contributed by atoms with Gasteiger partial charge in [0.05, 0.1) is 16.6 Å². The summed E-state index contributed by atoms with van der Waals surface area (Å²) in [6, 6.07) is 3.92. The minimum absolute atomic E-state index is 0.0296. The summed E-state index contributed by atoms with van der Waals surface area (Å²) in [6.07, 6.45) is 6.86. The van der Waals surface area contributed by atoms with Crippen LogP contribution in [0.3, 0.4) is 0 Å². The molecule has 2 aromatic rings. The zero-order valence-corrected chi connectivity index (χ0v) is 16.6. The van der Waals surface area contributed by atoms with E-state index in [1.807, 2.05) is 36.1 Å². The highest BCUT2D eigenvalue weighted by Gasteiger charge is 2.42. The quantitative estimate of drug-likeness (QED) is 0.840. The highest BCUT2D eigenvalue weighted by molar-refractivity contribution is 6.42. The van der Waals surface area contributed by atoms with Crippen molar-refractivity contribution in [1.29, 1.82) is 0 Å². The van der Waals surface area contributed by atoms with Crippen molar-refractivity contribution in [3.8, 4) is 0 Å². The number of aliphatic imine (C=N–C) groups is 1. The number of likely N-dealkylation sites (tertiary alicyclic amines) is 1. The van der Waals surface area contributed by atoms with Crippen LogP contribution in [0, 0.1) is 5.41 Å². The number of aryl methyl sites for hydroxylation is 1. The van der Waals surface area contributed by atoms with Crippen LogP contribution in [0.5, 0.6) is 0 Å². The Balaban J connectivity index is 1.71. The molecule has 5 nitrogen and oxygen atoms in total. The van der Waals surface area contributed by atoms with E-state index in [1.165, 1.54) is 5.56 Å². The van der Waals surface area contributed by atoms with E-state index in [0.717, 1.165) is 49.7 Å². The van der Waals surface area contributed by atoms with Gasteiger partial charge in [0.1, 0.15) is 11.7 Å². The fraction of sp³-hybridized carbons (Fsp3) is 0.474. The van der Waals surface area contributed by atoms with E-state index < -0.39 is 0 Å². The predicted octanol–water partition coefficient (Wildman–Crippen LogP) is 4.01. The number of piperidine rings is 1. The second-order valence-electron chi connectivity index (χ2n) is 7.43. The van der Waals surface area contributed by atoms with Gasteiger partial charge < -0.3 is 14.8 Å². The van der Waals surface area contributed by atoms with E-state index in [-0.39, 0.29) is 5.41 Å². The normalized spacial score (nSPS) is 21.0. The molecule has 1 fully saturated rings. The van der Waals surface area contributed by atoms with Gasteiger partial charge in [0, 0.05) is 30.5 Å². The fourth-order valence-electron chi connectivity index (χ4n) is 3.93. The summed E-state index contributed by atoms with van der Waals surface area (Å²) < 4.78 is 2.01. The van der Waals surface area contributed by atoms with Gasteiger partial charge in [0.15, 0.2) is 0 Å². The molecule has 1 spiro atoms. The number of anilines is 1. The molecule has 1 saturated heterocycles. The molecule has 1 aromatic heterocycles. The van der Waals surface area contributed by atoms with Gasteiger partial charge in [-0.05, 0) is 57.1 Å². The summed E-state index contributed by atoms with van der Waals surface area (Å²) >= 11 is 12.5. The maximum atomic E-state index is 6.27. The van der Waals surface area contributed by atoms with Crippen molar-refractivity contribution < 1.29 is 0 Å². The van der Waals surface area contributed by atoms with Crippen molar-refractivity contribution in [2.24, 2.45) is 17.5 Å². The first-order valence-corrected chi connectivity index (χ1v) is 9.67. The largest absolute Gasteiger partial charge is 0.343 e. The summed E-state index contributed by atoms with van der Waals surface area (Å²) in [6.45, 7) is 2.71. The molecule has 0 radical (unpaired) electrons. The molecule has 0 bridgehead atoms. The molecule has 3 heterocycles. The van der Waals surface area contributed by atoms with Gasteiger partial charge >= 0.3 is 0 Å². The first kappa shape index (κ1) is 17.8. The third-order valence-electron chi connectivity index (χ3n) is 5.67. The fourth-order valence-corrected chi connectivity index (χ4v) is 4.27. The van der Waals surface area contributed by atoms with Crippen LogP contribution in [0.15, 0.2) is 29.5 Å². The Morgan fingerprint density at radius 1 is 1.19 bits per heavy atom. The second kappa shape index (κ2) is 6.87. The first-order chi connectivity index (χ1) is 12.5. The Labute approximate surface area is 164 Å². The van der Waals surface area contributed by atoms with Crippen LogP contribution >= 0.6 is 23.2 Å². The van der Waals surface area contributed by atoms with Gasteiger partial charge in [-0.25, -0.2) is 4.98 Å². The Bertz CT molecular complexity index is 850. The monoisotopic (exact) mass is 391 g/mol. The molecule has 0 aliphatic carbocycles. The van der Waals surface area contributed by atoms with Crippen molar-refractivity contribution in [3.05, 3.63) is 46.0 Å². The van der Waals surface area contributed by atoms with Crippen molar-refractivity contribution in [2.45, 2.75) is 25.8 Å². The van der Waals surface area contributed by atoms with Gasteiger partial charge in [-0.2, -0.15) is 0 Å². The summed E-state index contributed by atoms with van der Waals surface area (Å²) in [5, 5.41) is 4.76. The number of hydrogen-bond donors (Lipinski definition) is 1. The van der Waals surface area contributed by atoms with Crippen LogP contribution in [-0.4, -0.2) is 40.4 Å². The minimum atomic E-state index is 0.0296. The Hall–Kier alpha value is -1.56. The van der Waals surface area contributed by atoms with Crippen LogP contribution in [0.2, 0.25) is 10.0 Å². The van der Waals surface area contributed by atoms with Crippen LogP contribution in [0.25, 0.3) is 0 Å². The number of fused-ring (bicyclic) bond motifs is 1. The lowest BCUT2D eigenvalue weighted by Gasteiger charge is -2.45. The summed E-state index contributed by atoms with van der Waals surface area (Å²) in [7, 11) is 4.18. The summed E-state index contributed by atoms with van der Waals surface area (Å²) in [4.78, 5) is 11.7. The molecule has 1 aromatic carbocycles. The van der Waals surface area contributed by atoms with Crippen molar-refractivity contribution in [2.75, 3.05) is 25.5 Å². The Morgan fingerprint density at radius 2 is 1.92 bits per heavy atom. The predicted molar refractivity (Wildman–Crippen MR) is 107 cm³/mol. The molecule has 0 unspecified atom stereocenters. The Morgan fingerprint density at radius 3 is 2.62 bits per heavy atom. The zero-order valence-electron chi connectivity index (χ0n) is 15.1. The summed E-state index contributed by atoms with van der Waals surface area (Å²) in [5.41, 5.74) is 2.27. The number of aromatic nitrogens is 2. The zero-order chi connectivity index (χ0) is 18.3. The molecule has 4 rings (SSSR count). The smallest absolute Gasteiger partial charge is 0.130 e. The van der Waals surface area contributed by atoms with E-state index in [9.17, 15) is 0 Å². The maximum absolute atomic E-state index is 6.27. The van der Waals surface area contributed by atoms with Crippen LogP contribution in [-0.2, 0) is 20.0 Å². The average molecular weight is 392 g/mol. The molecule has 0 saturated carbocycles. The third-order valence-corrected chi connectivity index (χ3v) is 6.40. The van der Waals surface area contributed by atoms with Gasteiger partial charge in [0.2, 0.25) is 0 Å². The molecule has 138 valence electrons. The van der Waals surface area contributed by atoms with E-state index in [0.29, 0.717) is 16.6 Å². The SMILES string of the molecule is CN1CCC2(CC1)Cc1cc(Cl)c(Cl)cc1NC2=NCc1nccn1C. The minimum Gasteiger partial charge on any atom is -0.343 e. The van der Waals surface area contributed by atoms with Crippen LogP contribution in [0.1, 0.15) is 24.2 Å². The van der Waals surface area contributed by atoms with Crippen LogP contribution in [0.4, 0.5) is 5.69 Å². The lowest BCUT2D eigenvalue weighted by Crippen LogP contribution is -2.49. The topological polar surface area (TPSA) is 45.4 Å². The highest BCUT2D eigenvalue weighted by atomic mass is 35.5. The number of nitrogens with zero attached hydrogens (tertiary/aromatic N) is 4. The Kier molecular flexibility index (Phi) is 4.71. The van der Waals surface area contributed by atoms with E-state index >= 15 is 0 Å². The van der Waals surface area contributed by atoms with E-state index in [2.05, 4.69) is 22.2 Å². The number of halogens is 2. The van der Waals surface area contributed by atoms with Crippen molar-refractivity contribution in [3.63, 3.8) is 0 Å². The van der Waals surface area contributed by atoms with Crippen molar-refractivity contribution >= 4 is 34.7 Å². The third kappa shape index (κ3) is 3.24. The van der Waals surface area contributed by atoms with E-state index in [1.54, 1.807) is 0 Å². The molecule has 0 atom stereocenters. The number of rotatable bonds is 2. The standard InChI is InChI=1S/C19H23Cl2N5/c1-25-6-3-19(4-7-25)11-13-9-14(20)15(21)10-16(13)24-18(19)23-12-17-22-5-8-26(17)2/h5,8-10H,3-4,6-7,11-12H2,1-2H3,(H,23,24). The maximum Gasteiger partial charge on any atom is 0.130 e. The molecule has 7 heteroatoms. The molecule has 0 amide bonds. The molecule has 1 N–H and O–H groups in total. The van der Waals surface area contributed by atoms with Gasteiger partial charge in [-0.15, -0.1) is 0 Å². The van der Waals surface area contributed by atoms with Crippen LogP contribution < -0.4 is 5.32 Å². The number of nitrogens with one attached hydrogen (secondary N) is 1. The van der Waals surface area contributed by atoms with Gasteiger partial charge in [-0.3, -0.25) is 4.99 Å². The number of imidazole rings is 1. The molecule has 26 heavy (non-hydrogen) atoms. The summed E-state index contributed by atoms with van der Waals surface area (Å²) in [5.74, 6) is 2.02. The number of benzene rings is 1. The second-order valence-corrected chi connectivity index (χ2v) is 8.24. The van der Waals surface area contributed by atoms with Gasteiger partial charge in [0.25, 0.3) is 0 Å².